The molecule has 196 valence electrons. The van der Waals surface area contributed by atoms with Crippen molar-refractivity contribution in [2.75, 3.05) is 9.80 Å². The first-order valence-corrected chi connectivity index (χ1v) is 11.3. The van der Waals surface area contributed by atoms with E-state index < -0.39 is 57.9 Å². The summed E-state index contributed by atoms with van der Waals surface area (Å²) in [4.78, 5) is 55.7. The number of carbonyl (C=O) groups excluding carboxylic acids is 4. The summed E-state index contributed by atoms with van der Waals surface area (Å²) in [6.07, 6.45) is -5.18. The highest BCUT2D eigenvalue weighted by molar-refractivity contribution is 7.81. The zero-order valence-electron chi connectivity index (χ0n) is 19.6. The molecule has 9 nitrogen and oxygen atoms in total. The van der Waals surface area contributed by atoms with Crippen molar-refractivity contribution >= 4 is 52.4 Å². The van der Waals surface area contributed by atoms with Crippen molar-refractivity contribution in [3.8, 4) is 6.07 Å². The predicted octanol–water partition coefficient (Wildman–Crippen LogP) is 3.85. The summed E-state index contributed by atoms with van der Waals surface area (Å²) in [7, 11) is 0. The third kappa shape index (κ3) is 4.34. The van der Waals surface area contributed by atoms with E-state index in [0.29, 0.717) is 6.07 Å². The molecule has 0 atom stereocenters. The van der Waals surface area contributed by atoms with Gasteiger partial charge in [0.05, 0.1) is 28.4 Å². The van der Waals surface area contributed by atoms with Crippen LogP contribution in [0.5, 0.6) is 0 Å². The maximum absolute atomic E-state index is 15.0. The molecule has 0 aliphatic carbocycles. The Balaban J connectivity index is 1.67. The van der Waals surface area contributed by atoms with E-state index in [1.54, 1.807) is 0 Å². The van der Waals surface area contributed by atoms with Crippen LogP contribution in [0, 0.1) is 17.1 Å². The van der Waals surface area contributed by atoms with Crippen LogP contribution in [-0.2, 0) is 25.4 Å². The van der Waals surface area contributed by atoms with E-state index in [2.05, 4.69) is 0 Å². The van der Waals surface area contributed by atoms with Crippen LogP contribution < -0.4 is 9.80 Å². The van der Waals surface area contributed by atoms with Gasteiger partial charge in [-0.15, -0.1) is 5.06 Å². The van der Waals surface area contributed by atoms with Gasteiger partial charge in [-0.3, -0.25) is 19.3 Å². The van der Waals surface area contributed by atoms with Gasteiger partial charge in [-0.05, 0) is 62.5 Å². The molecule has 2 aliphatic rings. The molecule has 2 heterocycles. The number of alkyl halides is 3. The normalized spacial score (nSPS) is 17.3. The van der Waals surface area contributed by atoms with Gasteiger partial charge >= 0.3 is 12.1 Å². The Labute approximate surface area is 217 Å². The summed E-state index contributed by atoms with van der Waals surface area (Å²) in [6.45, 7) is 2.83. The van der Waals surface area contributed by atoms with Crippen LogP contribution in [0.15, 0.2) is 36.4 Å². The number of thiocarbonyl (C=S) groups is 1. The largest absolute Gasteiger partial charge is 0.417 e. The molecule has 2 aromatic rings. The van der Waals surface area contributed by atoms with Gasteiger partial charge in [-0.25, -0.2) is 9.18 Å². The zero-order valence-corrected chi connectivity index (χ0v) is 20.4. The van der Waals surface area contributed by atoms with Crippen molar-refractivity contribution < 1.29 is 41.6 Å². The molecule has 0 unspecified atom stereocenters. The first-order chi connectivity index (χ1) is 17.7. The monoisotopic (exact) mass is 548 g/mol. The SMILES string of the molecule is CC1(C)C(=O)N(c2ccc(C#N)c(C(F)(F)F)c2)C(=S)N1c1ccc(C(=O)ON2C(=O)CCC2=O)c(F)c1. The molecule has 2 fully saturated rings. The molecule has 3 amide bonds. The molecular weight excluding hydrogens is 532 g/mol. The number of imide groups is 1. The summed E-state index contributed by atoms with van der Waals surface area (Å²) in [6, 6.07) is 7.21. The highest BCUT2D eigenvalue weighted by Crippen LogP contribution is 2.40. The molecule has 0 radical (unpaired) electrons. The van der Waals surface area contributed by atoms with Gasteiger partial charge in [0.1, 0.15) is 11.4 Å². The maximum Gasteiger partial charge on any atom is 0.417 e. The van der Waals surface area contributed by atoms with E-state index in [-0.39, 0.29) is 34.4 Å². The number of nitriles is 1. The fraction of sp³-hybridized carbons (Fsp3) is 0.250. The van der Waals surface area contributed by atoms with Gasteiger partial charge < -0.3 is 9.74 Å². The summed E-state index contributed by atoms with van der Waals surface area (Å²) in [5.41, 5.74) is -4.27. The van der Waals surface area contributed by atoms with Crippen molar-refractivity contribution in [2.45, 2.75) is 38.4 Å². The van der Waals surface area contributed by atoms with Crippen LogP contribution in [0.4, 0.5) is 28.9 Å². The first-order valence-electron chi connectivity index (χ1n) is 10.9. The fourth-order valence-electron chi connectivity index (χ4n) is 4.06. The van der Waals surface area contributed by atoms with Crippen molar-refractivity contribution in [2.24, 2.45) is 0 Å². The van der Waals surface area contributed by atoms with Crippen molar-refractivity contribution in [1.82, 2.24) is 5.06 Å². The first kappa shape index (κ1) is 26.7. The number of halogens is 4. The average molecular weight is 548 g/mol. The minimum absolute atomic E-state index is 0.0112. The summed E-state index contributed by atoms with van der Waals surface area (Å²) in [5, 5.41) is 9.02. The van der Waals surface area contributed by atoms with E-state index in [1.165, 1.54) is 30.9 Å². The van der Waals surface area contributed by atoms with E-state index in [0.717, 1.165) is 29.2 Å². The van der Waals surface area contributed by atoms with E-state index in [1.807, 2.05) is 0 Å². The second-order valence-electron chi connectivity index (χ2n) is 8.78. The number of hydrogen-bond donors (Lipinski definition) is 0. The molecule has 0 saturated carbocycles. The lowest BCUT2D eigenvalue weighted by atomic mass is 10.0. The summed E-state index contributed by atoms with van der Waals surface area (Å²) < 4.78 is 55.4. The lowest BCUT2D eigenvalue weighted by Crippen LogP contribution is -2.44. The number of anilines is 2. The Morgan fingerprint density at radius 3 is 2.21 bits per heavy atom. The molecule has 0 spiro atoms. The lowest BCUT2D eigenvalue weighted by Gasteiger charge is -2.29. The predicted molar refractivity (Wildman–Crippen MR) is 126 cm³/mol. The third-order valence-corrected chi connectivity index (χ3v) is 6.33. The Hall–Kier alpha value is -4.38. The van der Waals surface area contributed by atoms with Crippen LogP contribution in [0.2, 0.25) is 0 Å². The lowest BCUT2D eigenvalue weighted by molar-refractivity contribution is -0.172. The van der Waals surface area contributed by atoms with Crippen molar-refractivity contribution in [3.63, 3.8) is 0 Å². The Kier molecular flexibility index (Phi) is 6.44. The van der Waals surface area contributed by atoms with Gasteiger partial charge in [0, 0.05) is 18.5 Å². The topological polar surface area (TPSA) is 111 Å². The Bertz CT molecular complexity index is 1450. The van der Waals surface area contributed by atoms with Crippen molar-refractivity contribution in [1.29, 1.82) is 5.26 Å². The van der Waals surface area contributed by atoms with Crippen LogP contribution in [0.25, 0.3) is 0 Å². The molecule has 0 N–H and O–H groups in total. The van der Waals surface area contributed by atoms with E-state index in [4.69, 9.17) is 22.3 Å². The number of benzene rings is 2. The molecule has 38 heavy (non-hydrogen) atoms. The van der Waals surface area contributed by atoms with Gasteiger partial charge in [0.2, 0.25) is 0 Å². The Morgan fingerprint density at radius 2 is 1.66 bits per heavy atom. The smallest absolute Gasteiger partial charge is 0.325 e. The van der Waals surface area contributed by atoms with Gasteiger partial charge in [-0.2, -0.15) is 18.4 Å². The molecule has 0 bridgehead atoms. The van der Waals surface area contributed by atoms with Gasteiger partial charge in [-0.1, -0.05) is 0 Å². The van der Waals surface area contributed by atoms with Crippen molar-refractivity contribution in [3.05, 3.63) is 58.9 Å². The molecule has 0 aromatic heterocycles. The fourth-order valence-corrected chi connectivity index (χ4v) is 4.58. The number of amides is 3. The minimum atomic E-state index is -4.88. The quantitative estimate of drug-likeness (QED) is 0.322. The molecule has 2 aromatic carbocycles. The molecule has 2 saturated heterocycles. The van der Waals surface area contributed by atoms with E-state index in [9.17, 15) is 36.7 Å². The molecule has 2 aliphatic heterocycles. The highest BCUT2D eigenvalue weighted by atomic mass is 32.1. The van der Waals surface area contributed by atoms with Crippen LogP contribution in [0.1, 0.15) is 48.2 Å². The molecule has 14 heteroatoms. The van der Waals surface area contributed by atoms with Gasteiger partial charge in [0.15, 0.2) is 5.11 Å². The van der Waals surface area contributed by atoms with E-state index >= 15 is 0 Å². The third-order valence-electron chi connectivity index (χ3n) is 5.97. The van der Waals surface area contributed by atoms with Crippen LogP contribution in [0.3, 0.4) is 0 Å². The molecule has 4 rings (SSSR count). The second-order valence-corrected chi connectivity index (χ2v) is 9.15. The maximum atomic E-state index is 15.0. The number of nitrogens with zero attached hydrogens (tertiary/aromatic N) is 4. The Morgan fingerprint density at radius 1 is 1.05 bits per heavy atom. The van der Waals surface area contributed by atoms with Gasteiger partial charge in [0.25, 0.3) is 17.7 Å². The number of hydrogen-bond acceptors (Lipinski definition) is 7. The van der Waals surface area contributed by atoms with Crippen LogP contribution in [-0.4, -0.2) is 39.4 Å². The summed E-state index contributed by atoms with van der Waals surface area (Å²) >= 11 is 5.39. The summed E-state index contributed by atoms with van der Waals surface area (Å²) in [5.74, 6) is -4.67. The average Bonchev–Trinajstić information content (AvgIpc) is 3.24. The molecular formula is C24H16F4N4O5S. The highest BCUT2D eigenvalue weighted by Gasteiger charge is 2.51. The minimum Gasteiger partial charge on any atom is -0.325 e. The second kappa shape index (κ2) is 9.18. The van der Waals surface area contributed by atoms with Crippen LogP contribution >= 0.6 is 12.2 Å². The zero-order chi connectivity index (χ0) is 28.2. The number of carbonyl (C=O) groups is 4. The number of hydroxylamine groups is 2. The number of rotatable bonds is 4. The standard InChI is InChI=1S/C24H16F4N4O5S/c1-23(2)21(36)30(13-4-3-12(11-29)16(9-13)24(26,27)28)22(38)31(23)14-5-6-15(17(25)10-14)20(35)37-32-18(33)7-8-19(32)34/h3-6,9-10H,7-8H2,1-2H3.